The minimum absolute atomic E-state index is 0.149. The van der Waals surface area contributed by atoms with E-state index in [1.165, 1.54) is 4.88 Å². The molecule has 3 heterocycles. The van der Waals surface area contributed by atoms with Crippen LogP contribution >= 0.6 is 11.3 Å². The number of aromatic nitrogens is 3. The fraction of sp³-hybridized carbons (Fsp3) is 0.176. The van der Waals surface area contributed by atoms with Crippen molar-refractivity contribution in [3.8, 4) is 10.4 Å². The number of imidazole rings is 1. The molecule has 0 saturated carbocycles. The predicted molar refractivity (Wildman–Crippen MR) is 94.5 cm³/mol. The number of nitrogens with zero attached hydrogens (tertiary/aromatic N) is 2. The second kappa shape index (κ2) is 5.64. The molecule has 0 aliphatic heterocycles. The molecule has 5 nitrogen and oxygen atoms in total. The number of H-pyrrole nitrogens is 1. The summed E-state index contributed by atoms with van der Waals surface area (Å²) in [6, 6.07) is 10.3. The highest BCUT2D eigenvalue weighted by Gasteiger charge is 2.12. The van der Waals surface area contributed by atoms with Gasteiger partial charge >= 0.3 is 0 Å². The van der Waals surface area contributed by atoms with Gasteiger partial charge in [-0.2, -0.15) is 0 Å². The summed E-state index contributed by atoms with van der Waals surface area (Å²) >= 11 is 1.70. The summed E-state index contributed by atoms with van der Waals surface area (Å²) in [6.07, 6.45) is 1.37. The fourth-order valence-electron chi connectivity index (χ4n) is 2.77. The third kappa shape index (κ3) is 2.46. The van der Waals surface area contributed by atoms with E-state index in [0.29, 0.717) is 18.7 Å². The summed E-state index contributed by atoms with van der Waals surface area (Å²) in [5.74, 6) is 1.29. The Morgan fingerprint density at radius 2 is 2.13 bits per heavy atom. The van der Waals surface area contributed by atoms with E-state index < -0.39 is 0 Å². The Morgan fingerprint density at radius 3 is 2.91 bits per heavy atom. The van der Waals surface area contributed by atoms with Crippen LogP contribution < -0.4 is 5.73 Å². The van der Waals surface area contributed by atoms with Crippen LogP contribution in [-0.4, -0.2) is 26.7 Å². The first kappa shape index (κ1) is 14.2. The molecule has 0 unspecified atom stereocenters. The van der Waals surface area contributed by atoms with Gasteiger partial charge in [-0.25, -0.2) is 9.97 Å². The number of nitrogen functional groups attached to an aromatic ring is 1. The molecule has 4 aromatic rings. The maximum Gasteiger partial charge on any atom is 0.150 e. The van der Waals surface area contributed by atoms with E-state index in [4.69, 9.17) is 10.8 Å². The zero-order chi connectivity index (χ0) is 15.8. The third-order valence-electron chi connectivity index (χ3n) is 3.88. The minimum atomic E-state index is 0.149. The number of anilines is 1. The molecule has 0 bridgehead atoms. The molecule has 0 radical (unpaired) electrons. The van der Waals surface area contributed by atoms with Gasteiger partial charge in [-0.05, 0) is 35.6 Å². The highest BCUT2D eigenvalue weighted by atomic mass is 32.1. The Balaban J connectivity index is 1.89. The van der Waals surface area contributed by atoms with E-state index >= 15 is 0 Å². The van der Waals surface area contributed by atoms with E-state index in [9.17, 15) is 0 Å². The largest absolute Gasteiger partial charge is 0.396 e. The summed E-state index contributed by atoms with van der Waals surface area (Å²) in [4.78, 5) is 13.6. The van der Waals surface area contributed by atoms with Crippen LogP contribution in [0.2, 0.25) is 0 Å². The molecule has 0 spiro atoms. The molecule has 0 aliphatic carbocycles. The van der Waals surface area contributed by atoms with Crippen molar-refractivity contribution < 1.29 is 5.11 Å². The van der Waals surface area contributed by atoms with Crippen molar-refractivity contribution in [1.29, 1.82) is 0 Å². The van der Waals surface area contributed by atoms with Crippen LogP contribution in [0, 0.1) is 0 Å². The lowest BCUT2D eigenvalue weighted by Crippen LogP contribution is -1.93. The van der Waals surface area contributed by atoms with Gasteiger partial charge in [-0.3, -0.25) is 0 Å². The van der Waals surface area contributed by atoms with Crippen LogP contribution in [-0.2, 0) is 6.42 Å². The van der Waals surface area contributed by atoms with Crippen LogP contribution in [0.1, 0.15) is 12.2 Å². The number of nitrogens with two attached hydrogens (primary N) is 1. The molecule has 4 rings (SSSR count). The minimum Gasteiger partial charge on any atom is -0.396 e. The predicted octanol–water partition coefficient (Wildman–Crippen LogP) is 3.35. The van der Waals surface area contributed by atoms with Crippen LogP contribution in [0.4, 0.5) is 5.82 Å². The molecule has 4 N–H and O–H groups in total. The molecule has 23 heavy (non-hydrogen) atoms. The number of aliphatic hydroxyl groups excluding tert-OH is 1. The molecule has 0 fully saturated rings. The number of aliphatic hydroxyl groups is 1. The maximum absolute atomic E-state index is 8.97. The Labute approximate surface area is 136 Å². The molecule has 1 aromatic carbocycles. The Bertz CT molecular complexity index is 975. The third-order valence-corrected chi connectivity index (χ3v) is 4.80. The number of rotatable bonds is 4. The first-order chi connectivity index (χ1) is 11.3. The molecule has 0 atom stereocenters. The van der Waals surface area contributed by atoms with Crippen LogP contribution in [0.25, 0.3) is 32.4 Å². The highest BCUT2D eigenvalue weighted by molar-refractivity contribution is 7.13. The summed E-state index contributed by atoms with van der Waals surface area (Å²) in [6.45, 7) is 0.149. The molecule has 116 valence electrons. The van der Waals surface area contributed by atoms with Crippen LogP contribution in [0.3, 0.4) is 0 Å². The van der Waals surface area contributed by atoms with Crippen molar-refractivity contribution in [2.45, 2.75) is 12.8 Å². The second-order valence-corrected chi connectivity index (χ2v) is 6.39. The summed E-state index contributed by atoms with van der Waals surface area (Å²) in [5, 5.41) is 12.0. The van der Waals surface area contributed by atoms with Crippen molar-refractivity contribution in [2.24, 2.45) is 0 Å². The van der Waals surface area contributed by atoms with E-state index in [1.807, 2.05) is 6.07 Å². The van der Waals surface area contributed by atoms with Gasteiger partial charge in [0, 0.05) is 23.3 Å². The molecule has 3 aromatic heterocycles. The first-order valence-corrected chi connectivity index (χ1v) is 8.37. The van der Waals surface area contributed by atoms with Gasteiger partial charge in [0.05, 0.1) is 5.52 Å². The number of hydrogen-bond acceptors (Lipinski definition) is 5. The Hall–Kier alpha value is -2.44. The maximum atomic E-state index is 8.97. The number of fused-ring (bicyclic) bond motifs is 3. The van der Waals surface area contributed by atoms with Crippen LogP contribution in [0.15, 0.2) is 35.7 Å². The van der Waals surface area contributed by atoms with E-state index in [-0.39, 0.29) is 6.61 Å². The summed E-state index contributed by atoms with van der Waals surface area (Å²) < 4.78 is 0. The lowest BCUT2D eigenvalue weighted by molar-refractivity contribution is 0.287. The Kier molecular flexibility index (Phi) is 3.48. The van der Waals surface area contributed by atoms with Crippen molar-refractivity contribution in [2.75, 3.05) is 12.3 Å². The lowest BCUT2D eigenvalue weighted by Gasteiger charge is -2.04. The van der Waals surface area contributed by atoms with Gasteiger partial charge in [0.2, 0.25) is 0 Å². The van der Waals surface area contributed by atoms with Gasteiger partial charge in [0.1, 0.15) is 22.7 Å². The molecule has 0 aliphatic rings. The number of aryl methyl sites for hydroxylation is 1. The first-order valence-electron chi connectivity index (χ1n) is 7.49. The van der Waals surface area contributed by atoms with Gasteiger partial charge in [0.25, 0.3) is 0 Å². The number of benzene rings is 1. The molecule has 6 heteroatoms. The number of nitrogens with one attached hydrogen (secondary N) is 1. The van der Waals surface area contributed by atoms with E-state index in [0.717, 1.165) is 33.3 Å². The van der Waals surface area contributed by atoms with Crippen molar-refractivity contribution in [3.63, 3.8) is 0 Å². The molecular formula is C17H16N4OS. The zero-order valence-corrected chi connectivity index (χ0v) is 13.2. The quantitative estimate of drug-likeness (QED) is 0.537. The topological polar surface area (TPSA) is 87.8 Å². The molecule has 0 amide bonds. The number of pyridine rings is 1. The second-order valence-electron chi connectivity index (χ2n) is 5.44. The lowest BCUT2D eigenvalue weighted by atomic mass is 10.1. The fourth-order valence-corrected chi connectivity index (χ4v) is 3.50. The smallest absolute Gasteiger partial charge is 0.150 e. The summed E-state index contributed by atoms with van der Waals surface area (Å²) in [5.41, 5.74) is 9.70. The summed E-state index contributed by atoms with van der Waals surface area (Å²) in [7, 11) is 0. The number of thiophene rings is 1. The van der Waals surface area contributed by atoms with Crippen molar-refractivity contribution >= 4 is 39.1 Å². The SMILES string of the molecule is Nc1nc2cc(-c3cccs3)ccc2c2nc(CCCO)[nH]c12. The molecular weight excluding hydrogens is 308 g/mol. The van der Waals surface area contributed by atoms with Gasteiger partial charge in [-0.1, -0.05) is 12.1 Å². The monoisotopic (exact) mass is 324 g/mol. The van der Waals surface area contributed by atoms with Crippen molar-refractivity contribution in [3.05, 3.63) is 41.5 Å². The average molecular weight is 324 g/mol. The van der Waals surface area contributed by atoms with E-state index in [2.05, 4.69) is 44.6 Å². The normalized spacial score (nSPS) is 11.5. The number of hydrogen-bond donors (Lipinski definition) is 3. The highest BCUT2D eigenvalue weighted by Crippen LogP contribution is 2.31. The van der Waals surface area contributed by atoms with Gasteiger partial charge < -0.3 is 15.8 Å². The zero-order valence-electron chi connectivity index (χ0n) is 12.4. The standard InChI is InChI=1S/C17H16N4OS/c18-17-16-15(20-14(21-16)4-1-7-22)11-6-5-10(9-12(11)19-17)13-3-2-8-23-13/h2-3,5-6,8-9,22H,1,4,7H2,(H2,18,19)(H,20,21). The van der Waals surface area contributed by atoms with E-state index in [1.54, 1.807) is 11.3 Å². The molecule has 0 saturated heterocycles. The number of aromatic amines is 1. The van der Waals surface area contributed by atoms with Gasteiger partial charge in [0.15, 0.2) is 0 Å². The average Bonchev–Trinajstić information content (AvgIpc) is 3.22. The Morgan fingerprint density at radius 1 is 1.22 bits per heavy atom. The van der Waals surface area contributed by atoms with Crippen LogP contribution in [0.5, 0.6) is 0 Å². The van der Waals surface area contributed by atoms with Crippen molar-refractivity contribution in [1.82, 2.24) is 15.0 Å². The van der Waals surface area contributed by atoms with Gasteiger partial charge in [-0.15, -0.1) is 11.3 Å².